The molecule has 1 aromatic heterocycles. The number of aromatic nitrogens is 1. The zero-order valence-corrected chi connectivity index (χ0v) is 8.79. The van der Waals surface area contributed by atoms with Gasteiger partial charge in [-0.2, -0.15) is 5.26 Å². The van der Waals surface area contributed by atoms with Gasteiger partial charge in [-0.05, 0) is 13.8 Å². The molecular weight excluding hydrogens is 194 g/mol. The van der Waals surface area contributed by atoms with Crippen molar-refractivity contribution in [3.63, 3.8) is 0 Å². The van der Waals surface area contributed by atoms with Crippen LogP contribution in [0.5, 0.6) is 0 Å². The van der Waals surface area contributed by atoms with Crippen LogP contribution in [0.2, 0.25) is 0 Å². The topological polar surface area (TPSA) is 89.0 Å². The number of esters is 1. The number of nitriles is 1. The lowest BCUT2D eigenvalue weighted by Gasteiger charge is -2.09. The molecule has 0 saturated carbocycles. The van der Waals surface area contributed by atoms with E-state index in [1.54, 1.807) is 13.8 Å². The van der Waals surface area contributed by atoms with Crippen LogP contribution in [0.25, 0.3) is 0 Å². The number of pyridine rings is 1. The fourth-order valence-corrected chi connectivity index (χ4v) is 1.31. The number of anilines is 1. The van der Waals surface area contributed by atoms with Crippen molar-refractivity contribution in [2.45, 2.75) is 13.8 Å². The maximum Gasteiger partial charge on any atom is 0.341 e. The van der Waals surface area contributed by atoms with Gasteiger partial charge in [0.15, 0.2) is 0 Å². The van der Waals surface area contributed by atoms with Crippen molar-refractivity contribution in [2.75, 3.05) is 12.8 Å². The van der Waals surface area contributed by atoms with Crippen molar-refractivity contribution < 1.29 is 9.53 Å². The first-order chi connectivity index (χ1) is 7.02. The van der Waals surface area contributed by atoms with E-state index in [0.29, 0.717) is 11.3 Å². The normalized spacial score (nSPS) is 9.47. The summed E-state index contributed by atoms with van der Waals surface area (Å²) in [6, 6.07) is 1.94. The zero-order chi connectivity index (χ0) is 11.6. The minimum atomic E-state index is -0.570. The number of nitrogen functional groups attached to an aromatic ring is 1. The van der Waals surface area contributed by atoms with E-state index in [-0.39, 0.29) is 16.9 Å². The van der Waals surface area contributed by atoms with E-state index in [0.717, 1.165) is 0 Å². The van der Waals surface area contributed by atoms with Gasteiger partial charge in [-0.3, -0.25) is 0 Å². The van der Waals surface area contributed by atoms with Crippen LogP contribution >= 0.6 is 0 Å². The Kier molecular flexibility index (Phi) is 2.90. The molecule has 0 spiro atoms. The van der Waals surface area contributed by atoms with E-state index in [1.165, 1.54) is 7.11 Å². The summed E-state index contributed by atoms with van der Waals surface area (Å²) < 4.78 is 4.58. The third-order valence-electron chi connectivity index (χ3n) is 2.16. The van der Waals surface area contributed by atoms with E-state index in [2.05, 4.69) is 9.72 Å². The summed E-state index contributed by atoms with van der Waals surface area (Å²) in [6.45, 7) is 3.26. The number of carbonyl (C=O) groups is 1. The van der Waals surface area contributed by atoms with Gasteiger partial charge in [0, 0.05) is 5.56 Å². The van der Waals surface area contributed by atoms with Gasteiger partial charge in [-0.1, -0.05) is 0 Å². The molecule has 0 amide bonds. The molecule has 0 radical (unpaired) electrons. The number of carbonyl (C=O) groups excluding carboxylic acids is 1. The fraction of sp³-hybridized carbons (Fsp3) is 0.300. The number of ether oxygens (including phenoxy) is 1. The highest BCUT2D eigenvalue weighted by molar-refractivity contribution is 5.94. The number of nitrogens with two attached hydrogens (primary N) is 1. The zero-order valence-electron chi connectivity index (χ0n) is 8.79. The molecule has 15 heavy (non-hydrogen) atoms. The Morgan fingerprint density at radius 3 is 2.60 bits per heavy atom. The Morgan fingerprint density at radius 1 is 1.53 bits per heavy atom. The molecule has 0 aromatic carbocycles. The second-order valence-corrected chi connectivity index (χ2v) is 3.06. The molecule has 0 fully saturated rings. The van der Waals surface area contributed by atoms with Gasteiger partial charge in [0.25, 0.3) is 0 Å². The molecule has 5 heteroatoms. The van der Waals surface area contributed by atoms with Crippen molar-refractivity contribution in [2.24, 2.45) is 0 Å². The molecule has 2 N–H and O–H groups in total. The average molecular weight is 205 g/mol. The molecule has 0 saturated heterocycles. The van der Waals surface area contributed by atoms with Crippen LogP contribution in [0, 0.1) is 25.2 Å². The van der Waals surface area contributed by atoms with Crippen LogP contribution in [0.1, 0.15) is 27.2 Å². The number of hydrogen-bond donors (Lipinski definition) is 1. The third kappa shape index (κ3) is 1.74. The predicted molar refractivity (Wildman–Crippen MR) is 54.2 cm³/mol. The summed E-state index contributed by atoms with van der Waals surface area (Å²) in [5.74, 6) is -0.309. The van der Waals surface area contributed by atoms with Gasteiger partial charge in [-0.15, -0.1) is 0 Å². The van der Waals surface area contributed by atoms with Crippen molar-refractivity contribution in [3.8, 4) is 6.07 Å². The number of methoxy groups -OCH3 is 1. The average Bonchev–Trinajstić information content (AvgIpc) is 2.21. The lowest BCUT2D eigenvalue weighted by atomic mass is 10.0. The molecule has 0 atom stereocenters. The third-order valence-corrected chi connectivity index (χ3v) is 2.16. The van der Waals surface area contributed by atoms with Gasteiger partial charge < -0.3 is 10.5 Å². The van der Waals surface area contributed by atoms with Gasteiger partial charge in [0.1, 0.15) is 11.9 Å². The Morgan fingerprint density at radius 2 is 2.13 bits per heavy atom. The number of hydrogen-bond acceptors (Lipinski definition) is 5. The molecule has 0 aliphatic rings. The highest BCUT2D eigenvalue weighted by Crippen LogP contribution is 2.21. The van der Waals surface area contributed by atoms with Crippen LogP contribution in [-0.4, -0.2) is 18.1 Å². The molecule has 1 rings (SSSR count). The maximum absolute atomic E-state index is 11.4. The minimum Gasteiger partial charge on any atom is -0.465 e. The molecule has 0 aliphatic carbocycles. The Bertz CT molecular complexity index is 461. The van der Waals surface area contributed by atoms with E-state index in [4.69, 9.17) is 11.0 Å². The summed E-state index contributed by atoms with van der Waals surface area (Å²) in [6.07, 6.45) is 0. The first-order valence-corrected chi connectivity index (χ1v) is 4.28. The quantitative estimate of drug-likeness (QED) is 0.689. The molecule has 78 valence electrons. The van der Waals surface area contributed by atoms with Crippen molar-refractivity contribution >= 4 is 11.8 Å². The second kappa shape index (κ2) is 3.96. The van der Waals surface area contributed by atoms with Crippen LogP contribution in [0.15, 0.2) is 0 Å². The lowest BCUT2D eigenvalue weighted by molar-refractivity contribution is 0.0599. The molecule has 1 aromatic rings. The number of aryl methyl sites for hydroxylation is 1. The van der Waals surface area contributed by atoms with Crippen LogP contribution < -0.4 is 5.73 Å². The molecule has 5 nitrogen and oxygen atoms in total. The van der Waals surface area contributed by atoms with E-state index in [9.17, 15) is 4.79 Å². The maximum atomic E-state index is 11.4. The fourth-order valence-electron chi connectivity index (χ4n) is 1.31. The molecule has 1 heterocycles. The highest BCUT2D eigenvalue weighted by atomic mass is 16.5. The SMILES string of the molecule is COC(=O)c1c(C)nc(N)c(C)c1C#N. The van der Waals surface area contributed by atoms with Crippen LogP contribution in [-0.2, 0) is 4.74 Å². The van der Waals surface area contributed by atoms with Crippen LogP contribution in [0.4, 0.5) is 5.82 Å². The van der Waals surface area contributed by atoms with E-state index >= 15 is 0 Å². The summed E-state index contributed by atoms with van der Waals surface area (Å²) >= 11 is 0. The molecule has 0 bridgehead atoms. The van der Waals surface area contributed by atoms with E-state index < -0.39 is 5.97 Å². The second-order valence-electron chi connectivity index (χ2n) is 3.06. The Hall–Kier alpha value is -2.09. The summed E-state index contributed by atoms with van der Waals surface area (Å²) in [7, 11) is 1.26. The van der Waals surface area contributed by atoms with Crippen molar-refractivity contribution in [3.05, 3.63) is 22.4 Å². The smallest absolute Gasteiger partial charge is 0.341 e. The predicted octanol–water partition coefficient (Wildman–Crippen LogP) is 0.939. The Labute approximate surface area is 87.5 Å². The largest absolute Gasteiger partial charge is 0.465 e. The molecular formula is C10H11N3O2. The monoisotopic (exact) mass is 205 g/mol. The summed E-state index contributed by atoms with van der Waals surface area (Å²) in [4.78, 5) is 15.4. The highest BCUT2D eigenvalue weighted by Gasteiger charge is 2.19. The van der Waals surface area contributed by atoms with E-state index in [1.807, 2.05) is 6.07 Å². The standard InChI is InChI=1S/C10H11N3O2/c1-5-7(4-11)8(10(14)15-3)6(2)13-9(5)12/h1-3H3,(H2,12,13). The molecule has 0 aliphatic heterocycles. The van der Waals surface area contributed by atoms with Gasteiger partial charge >= 0.3 is 5.97 Å². The Balaban J connectivity index is 3.58. The summed E-state index contributed by atoms with van der Waals surface area (Å²) in [5.41, 5.74) is 6.92. The van der Waals surface area contributed by atoms with Gasteiger partial charge in [-0.25, -0.2) is 9.78 Å². The lowest BCUT2D eigenvalue weighted by Crippen LogP contribution is -2.12. The van der Waals surface area contributed by atoms with Crippen molar-refractivity contribution in [1.29, 1.82) is 5.26 Å². The first kappa shape index (κ1) is 11.0. The minimum absolute atomic E-state index is 0.187. The first-order valence-electron chi connectivity index (χ1n) is 4.28. The van der Waals surface area contributed by atoms with Crippen molar-refractivity contribution in [1.82, 2.24) is 4.98 Å². The van der Waals surface area contributed by atoms with Gasteiger partial charge in [0.2, 0.25) is 0 Å². The number of nitrogens with zero attached hydrogens (tertiary/aromatic N) is 2. The van der Waals surface area contributed by atoms with Gasteiger partial charge in [0.05, 0.1) is 23.9 Å². The molecule has 0 unspecified atom stereocenters. The van der Waals surface area contributed by atoms with Crippen LogP contribution in [0.3, 0.4) is 0 Å². The number of rotatable bonds is 1. The summed E-state index contributed by atoms with van der Waals surface area (Å²) in [5, 5.41) is 8.95.